The molecule has 0 aliphatic heterocycles. The quantitative estimate of drug-likeness (QED) is 0.696. The van der Waals surface area contributed by atoms with E-state index in [0.29, 0.717) is 6.42 Å². The standard InChI is InChI=1S/C8H11NO2/c1-6(10)8(9)5-7-3-2-4-11-7/h2-4,8H,5,9H2,1H3. The molecule has 0 aliphatic rings. The summed E-state index contributed by atoms with van der Waals surface area (Å²) >= 11 is 0. The molecule has 1 aromatic rings. The van der Waals surface area contributed by atoms with E-state index < -0.39 is 6.04 Å². The number of ketones is 1. The van der Waals surface area contributed by atoms with E-state index in [1.807, 2.05) is 6.07 Å². The van der Waals surface area contributed by atoms with Crippen LogP contribution in [0.2, 0.25) is 0 Å². The molecule has 0 saturated heterocycles. The zero-order valence-corrected chi connectivity index (χ0v) is 6.41. The van der Waals surface area contributed by atoms with Crippen molar-refractivity contribution < 1.29 is 9.21 Å². The number of nitrogens with two attached hydrogens (primary N) is 1. The van der Waals surface area contributed by atoms with Gasteiger partial charge in [-0.1, -0.05) is 0 Å². The summed E-state index contributed by atoms with van der Waals surface area (Å²) in [5.74, 6) is 0.745. The van der Waals surface area contributed by atoms with Gasteiger partial charge in [0, 0.05) is 6.42 Å². The molecular weight excluding hydrogens is 142 g/mol. The fraction of sp³-hybridized carbons (Fsp3) is 0.375. The Hall–Kier alpha value is -1.09. The summed E-state index contributed by atoms with van der Waals surface area (Å²) < 4.78 is 5.02. The summed E-state index contributed by atoms with van der Waals surface area (Å²) in [6.07, 6.45) is 2.06. The Bertz CT molecular complexity index is 228. The van der Waals surface area contributed by atoms with Crippen LogP contribution in [-0.2, 0) is 11.2 Å². The molecule has 1 heterocycles. The van der Waals surface area contributed by atoms with Gasteiger partial charge in [-0.25, -0.2) is 0 Å². The number of hydrogen-bond donors (Lipinski definition) is 1. The Morgan fingerprint density at radius 3 is 3.00 bits per heavy atom. The lowest BCUT2D eigenvalue weighted by molar-refractivity contribution is -0.118. The molecule has 0 saturated carbocycles. The summed E-state index contributed by atoms with van der Waals surface area (Å²) in [6, 6.07) is 3.16. The highest BCUT2D eigenvalue weighted by Gasteiger charge is 2.09. The van der Waals surface area contributed by atoms with Crippen LogP contribution in [0.3, 0.4) is 0 Å². The second-order valence-electron chi connectivity index (χ2n) is 2.50. The van der Waals surface area contributed by atoms with Crippen molar-refractivity contribution in [3.05, 3.63) is 24.2 Å². The SMILES string of the molecule is CC(=O)C(N)Cc1ccco1. The number of rotatable bonds is 3. The minimum Gasteiger partial charge on any atom is -0.469 e. The molecule has 0 spiro atoms. The molecule has 1 rings (SSSR count). The number of carbonyl (C=O) groups is 1. The molecule has 1 unspecified atom stereocenters. The molecule has 0 amide bonds. The second kappa shape index (κ2) is 3.34. The van der Waals surface area contributed by atoms with Crippen molar-refractivity contribution in [1.82, 2.24) is 0 Å². The third kappa shape index (κ3) is 2.20. The number of hydrogen-bond acceptors (Lipinski definition) is 3. The van der Waals surface area contributed by atoms with Crippen molar-refractivity contribution >= 4 is 5.78 Å². The molecule has 3 nitrogen and oxygen atoms in total. The zero-order chi connectivity index (χ0) is 8.27. The Morgan fingerprint density at radius 1 is 1.82 bits per heavy atom. The van der Waals surface area contributed by atoms with Crippen LogP contribution in [0.25, 0.3) is 0 Å². The van der Waals surface area contributed by atoms with Gasteiger partial charge in [0.2, 0.25) is 0 Å². The maximum Gasteiger partial charge on any atom is 0.146 e. The van der Waals surface area contributed by atoms with Gasteiger partial charge in [0.25, 0.3) is 0 Å². The van der Waals surface area contributed by atoms with Gasteiger partial charge in [0.1, 0.15) is 11.5 Å². The number of furan rings is 1. The largest absolute Gasteiger partial charge is 0.469 e. The van der Waals surface area contributed by atoms with Gasteiger partial charge in [-0.05, 0) is 19.1 Å². The van der Waals surface area contributed by atoms with E-state index in [1.165, 1.54) is 6.92 Å². The predicted molar refractivity (Wildman–Crippen MR) is 41.1 cm³/mol. The number of Topliss-reactive ketones (excluding diaryl/α,β-unsaturated/α-hetero) is 1. The topological polar surface area (TPSA) is 56.2 Å². The van der Waals surface area contributed by atoms with Crippen LogP contribution < -0.4 is 5.73 Å². The van der Waals surface area contributed by atoms with Crippen molar-refractivity contribution in [2.75, 3.05) is 0 Å². The van der Waals surface area contributed by atoms with Gasteiger partial charge in [-0.3, -0.25) is 4.79 Å². The van der Waals surface area contributed by atoms with E-state index in [0.717, 1.165) is 5.76 Å². The number of carbonyl (C=O) groups excluding carboxylic acids is 1. The lowest BCUT2D eigenvalue weighted by Gasteiger charge is -2.03. The average molecular weight is 153 g/mol. The molecule has 0 radical (unpaired) electrons. The maximum absolute atomic E-state index is 10.7. The minimum atomic E-state index is -0.429. The van der Waals surface area contributed by atoms with Crippen LogP contribution in [0, 0.1) is 0 Å². The molecule has 11 heavy (non-hydrogen) atoms. The van der Waals surface area contributed by atoms with Crippen molar-refractivity contribution in [3.63, 3.8) is 0 Å². The average Bonchev–Trinajstić information content (AvgIpc) is 2.39. The summed E-state index contributed by atoms with van der Waals surface area (Å²) in [6.45, 7) is 1.48. The highest BCUT2D eigenvalue weighted by molar-refractivity contribution is 5.81. The van der Waals surface area contributed by atoms with E-state index in [9.17, 15) is 4.79 Å². The smallest absolute Gasteiger partial charge is 0.146 e. The van der Waals surface area contributed by atoms with Gasteiger partial charge >= 0.3 is 0 Å². The summed E-state index contributed by atoms with van der Waals surface area (Å²) in [4.78, 5) is 10.7. The van der Waals surface area contributed by atoms with Crippen molar-refractivity contribution in [2.24, 2.45) is 5.73 Å². The van der Waals surface area contributed by atoms with Gasteiger partial charge in [-0.2, -0.15) is 0 Å². The van der Waals surface area contributed by atoms with Crippen LogP contribution in [0.5, 0.6) is 0 Å². The monoisotopic (exact) mass is 153 g/mol. The van der Waals surface area contributed by atoms with Crippen LogP contribution in [0.1, 0.15) is 12.7 Å². The molecule has 0 aromatic carbocycles. The van der Waals surface area contributed by atoms with Gasteiger partial charge in [0.05, 0.1) is 12.3 Å². The molecule has 0 fully saturated rings. The molecule has 2 N–H and O–H groups in total. The molecule has 1 atom stereocenters. The second-order valence-corrected chi connectivity index (χ2v) is 2.50. The fourth-order valence-corrected chi connectivity index (χ4v) is 0.789. The van der Waals surface area contributed by atoms with Crippen LogP contribution in [0.15, 0.2) is 22.8 Å². The van der Waals surface area contributed by atoms with Crippen LogP contribution >= 0.6 is 0 Å². The summed E-state index contributed by atoms with van der Waals surface area (Å²) in [5.41, 5.74) is 5.50. The van der Waals surface area contributed by atoms with E-state index in [4.69, 9.17) is 10.2 Å². The third-order valence-electron chi connectivity index (χ3n) is 1.52. The lowest BCUT2D eigenvalue weighted by Crippen LogP contribution is -2.30. The third-order valence-corrected chi connectivity index (χ3v) is 1.52. The van der Waals surface area contributed by atoms with E-state index in [1.54, 1.807) is 12.3 Å². The zero-order valence-electron chi connectivity index (χ0n) is 6.41. The predicted octanol–water partition coefficient (Wildman–Crippen LogP) is 0.738. The van der Waals surface area contributed by atoms with Crippen molar-refractivity contribution in [2.45, 2.75) is 19.4 Å². The molecular formula is C8H11NO2. The van der Waals surface area contributed by atoms with Gasteiger partial charge in [-0.15, -0.1) is 0 Å². The highest BCUT2D eigenvalue weighted by atomic mass is 16.3. The van der Waals surface area contributed by atoms with E-state index in [2.05, 4.69) is 0 Å². The summed E-state index contributed by atoms with van der Waals surface area (Å²) in [5, 5.41) is 0. The molecule has 0 aliphatic carbocycles. The van der Waals surface area contributed by atoms with Crippen molar-refractivity contribution in [3.8, 4) is 0 Å². The first-order chi connectivity index (χ1) is 5.20. The van der Waals surface area contributed by atoms with Crippen molar-refractivity contribution in [1.29, 1.82) is 0 Å². The molecule has 1 aromatic heterocycles. The fourth-order valence-electron chi connectivity index (χ4n) is 0.789. The van der Waals surface area contributed by atoms with Crippen LogP contribution in [-0.4, -0.2) is 11.8 Å². The van der Waals surface area contributed by atoms with E-state index >= 15 is 0 Å². The molecule has 60 valence electrons. The Kier molecular flexibility index (Phi) is 2.44. The molecule has 3 heteroatoms. The van der Waals surface area contributed by atoms with Gasteiger partial charge in [0.15, 0.2) is 0 Å². The van der Waals surface area contributed by atoms with Gasteiger partial charge < -0.3 is 10.2 Å². The minimum absolute atomic E-state index is 0.0126. The normalized spacial score (nSPS) is 12.9. The first-order valence-corrected chi connectivity index (χ1v) is 3.48. The first-order valence-electron chi connectivity index (χ1n) is 3.48. The van der Waals surface area contributed by atoms with E-state index in [-0.39, 0.29) is 5.78 Å². The van der Waals surface area contributed by atoms with Crippen LogP contribution in [0.4, 0.5) is 0 Å². The lowest BCUT2D eigenvalue weighted by atomic mass is 10.1. The molecule has 0 bridgehead atoms. The Balaban J connectivity index is 2.50. The Labute approximate surface area is 65.2 Å². The summed E-state index contributed by atoms with van der Waals surface area (Å²) in [7, 11) is 0. The first kappa shape index (κ1) is 8.01. The Morgan fingerprint density at radius 2 is 2.55 bits per heavy atom. The maximum atomic E-state index is 10.7. The highest BCUT2D eigenvalue weighted by Crippen LogP contribution is 2.02.